The van der Waals surface area contributed by atoms with Crippen molar-refractivity contribution >= 4 is 34.4 Å². The Hall–Kier alpha value is -2.29. The van der Waals surface area contributed by atoms with Gasteiger partial charge in [0.05, 0.1) is 19.8 Å². The summed E-state index contributed by atoms with van der Waals surface area (Å²) in [5.74, 6) is 1.01. The van der Waals surface area contributed by atoms with Crippen LogP contribution in [-0.4, -0.2) is 50.1 Å². The number of likely N-dealkylation sites (tertiary alicyclic amines) is 1. The number of carbonyl (C=O) groups is 2. The maximum Gasteiger partial charge on any atom is 0.254 e. The molecule has 0 aromatic heterocycles. The van der Waals surface area contributed by atoms with Crippen molar-refractivity contribution in [3.63, 3.8) is 0 Å². The van der Waals surface area contributed by atoms with Gasteiger partial charge in [-0.15, -0.1) is 0 Å². The molecule has 0 spiro atoms. The molecule has 0 aliphatic carbocycles. The van der Waals surface area contributed by atoms with Crippen LogP contribution < -0.4 is 14.8 Å². The molecular weight excluding hydrogens is 471 g/mol. The maximum absolute atomic E-state index is 12.7. The van der Waals surface area contributed by atoms with Gasteiger partial charge in [-0.2, -0.15) is 0 Å². The number of piperidine rings is 1. The highest BCUT2D eigenvalue weighted by Crippen LogP contribution is 2.27. The number of benzene rings is 2. The molecule has 1 aliphatic rings. The van der Waals surface area contributed by atoms with Crippen molar-refractivity contribution in [3.05, 3.63) is 57.2 Å². The third-order valence-electron chi connectivity index (χ3n) is 4.87. The van der Waals surface area contributed by atoms with Crippen LogP contribution in [0.2, 0.25) is 0 Å². The first-order valence-electron chi connectivity index (χ1n) is 9.10. The molecule has 7 heteroatoms. The topological polar surface area (TPSA) is 67.9 Å². The van der Waals surface area contributed by atoms with Crippen LogP contribution in [0.5, 0.6) is 11.5 Å². The normalized spacial score (nSPS) is 14.5. The number of ether oxygens (including phenoxy) is 2. The van der Waals surface area contributed by atoms with Crippen LogP contribution in [0.15, 0.2) is 42.5 Å². The Morgan fingerprint density at radius 2 is 1.71 bits per heavy atom. The second-order valence-corrected chi connectivity index (χ2v) is 7.75. The second kappa shape index (κ2) is 9.27. The Balaban J connectivity index is 1.58. The SMILES string of the molecule is COc1ccc(C(=O)NC2CCN(C(=O)c3ccccc3I)CC2)cc1OC. The summed E-state index contributed by atoms with van der Waals surface area (Å²) in [6, 6.07) is 12.7. The van der Waals surface area contributed by atoms with Crippen molar-refractivity contribution in [2.24, 2.45) is 0 Å². The summed E-state index contributed by atoms with van der Waals surface area (Å²) in [6.45, 7) is 1.25. The van der Waals surface area contributed by atoms with E-state index in [0.29, 0.717) is 30.2 Å². The highest BCUT2D eigenvalue weighted by Gasteiger charge is 2.26. The van der Waals surface area contributed by atoms with E-state index >= 15 is 0 Å². The molecule has 0 radical (unpaired) electrons. The van der Waals surface area contributed by atoms with Crippen molar-refractivity contribution < 1.29 is 19.1 Å². The molecule has 6 nitrogen and oxygen atoms in total. The zero-order chi connectivity index (χ0) is 20.1. The van der Waals surface area contributed by atoms with Crippen LogP contribution >= 0.6 is 22.6 Å². The third kappa shape index (κ3) is 4.57. The largest absolute Gasteiger partial charge is 0.493 e. The summed E-state index contributed by atoms with van der Waals surface area (Å²) < 4.78 is 11.4. The van der Waals surface area contributed by atoms with Crippen molar-refractivity contribution in [1.29, 1.82) is 0 Å². The summed E-state index contributed by atoms with van der Waals surface area (Å²) in [4.78, 5) is 27.1. The van der Waals surface area contributed by atoms with Crippen molar-refractivity contribution in [1.82, 2.24) is 10.2 Å². The van der Waals surface area contributed by atoms with Gasteiger partial charge in [-0.3, -0.25) is 9.59 Å². The molecule has 1 fully saturated rings. The van der Waals surface area contributed by atoms with Crippen LogP contribution in [0.3, 0.4) is 0 Å². The van der Waals surface area contributed by atoms with Crippen LogP contribution in [0.25, 0.3) is 0 Å². The third-order valence-corrected chi connectivity index (χ3v) is 5.81. The predicted molar refractivity (Wildman–Crippen MR) is 115 cm³/mol. The fourth-order valence-electron chi connectivity index (χ4n) is 3.28. The fourth-order valence-corrected chi connectivity index (χ4v) is 3.90. The number of rotatable bonds is 5. The van der Waals surface area contributed by atoms with E-state index < -0.39 is 0 Å². The van der Waals surface area contributed by atoms with Crippen LogP contribution in [0, 0.1) is 3.57 Å². The average Bonchev–Trinajstić information content (AvgIpc) is 2.73. The minimum absolute atomic E-state index is 0.0412. The number of nitrogens with zero attached hydrogens (tertiary/aromatic N) is 1. The Kier molecular flexibility index (Phi) is 6.77. The molecule has 1 aliphatic heterocycles. The molecule has 1 N–H and O–H groups in total. The molecule has 1 heterocycles. The molecular formula is C21H23IN2O4. The number of halogens is 1. The van der Waals surface area contributed by atoms with Gasteiger partial charge >= 0.3 is 0 Å². The van der Waals surface area contributed by atoms with E-state index in [1.165, 1.54) is 0 Å². The van der Waals surface area contributed by atoms with Gasteiger partial charge in [0.1, 0.15) is 0 Å². The molecule has 28 heavy (non-hydrogen) atoms. The van der Waals surface area contributed by atoms with Gasteiger partial charge in [0, 0.05) is 28.3 Å². The van der Waals surface area contributed by atoms with Gasteiger partial charge in [-0.1, -0.05) is 12.1 Å². The highest BCUT2D eigenvalue weighted by atomic mass is 127. The number of hydrogen-bond acceptors (Lipinski definition) is 4. The van der Waals surface area contributed by atoms with Crippen LogP contribution in [-0.2, 0) is 0 Å². The lowest BCUT2D eigenvalue weighted by molar-refractivity contribution is 0.0697. The molecule has 148 valence electrons. The molecule has 2 aromatic rings. The number of carbonyl (C=O) groups excluding carboxylic acids is 2. The van der Waals surface area contributed by atoms with E-state index in [4.69, 9.17) is 9.47 Å². The van der Waals surface area contributed by atoms with Gasteiger partial charge < -0.3 is 19.7 Å². The number of amides is 2. The Bertz CT molecular complexity index is 863. The summed E-state index contributed by atoms with van der Waals surface area (Å²) in [6.07, 6.45) is 1.46. The number of nitrogens with one attached hydrogen (secondary N) is 1. The summed E-state index contributed by atoms with van der Waals surface area (Å²) >= 11 is 2.19. The minimum atomic E-state index is -0.150. The summed E-state index contributed by atoms with van der Waals surface area (Å²) in [5.41, 5.74) is 1.26. The summed E-state index contributed by atoms with van der Waals surface area (Å²) in [5, 5.41) is 3.06. The van der Waals surface area contributed by atoms with Crippen LogP contribution in [0.4, 0.5) is 0 Å². The number of hydrogen-bond donors (Lipinski definition) is 1. The van der Waals surface area contributed by atoms with E-state index in [2.05, 4.69) is 27.9 Å². The lowest BCUT2D eigenvalue weighted by Gasteiger charge is -2.32. The van der Waals surface area contributed by atoms with Crippen molar-refractivity contribution in [2.75, 3.05) is 27.3 Å². The molecule has 2 amide bonds. The zero-order valence-electron chi connectivity index (χ0n) is 15.9. The second-order valence-electron chi connectivity index (χ2n) is 6.59. The summed E-state index contributed by atoms with van der Waals surface area (Å²) in [7, 11) is 3.10. The first-order valence-corrected chi connectivity index (χ1v) is 10.2. The van der Waals surface area contributed by atoms with E-state index in [1.807, 2.05) is 29.2 Å². The molecule has 0 saturated carbocycles. The van der Waals surface area contributed by atoms with Gasteiger partial charge in [0.25, 0.3) is 11.8 Å². The molecule has 0 unspecified atom stereocenters. The lowest BCUT2D eigenvalue weighted by Crippen LogP contribution is -2.46. The first-order chi connectivity index (χ1) is 13.5. The zero-order valence-corrected chi connectivity index (χ0v) is 18.1. The smallest absolute Gasteiger partial charge is 0.254 e. The molecule has 2 aromatic carbocycles. The monoisotopic (exact) mass is 494 g/mol. The Morgan fingerprint density at radius 3 is 2.36 bits per heavy atom. The van der Waals surface area contributed by atoms with E-state index in [-0.39, 0.29) is 17.9 Å². The molecule has 0 atom stereocenters. The van der Waals surface area contributed by atoms with Gasteiger partial charge in [-0.05, 0) is 65.8 Å². The van der Waals surface area contributed by atoms with Gasteiger partial charge in [0.15, 0.2) is 11.5 Å². The predicted octanol–water partition coefficient (Wildman–Crippen LogP) is 3.34. The van der Waals surface area contributed by atoms with Crippen molar-refractivity contribution in [3.8, 4) is 11.5 Å². The van der Waals surface area contributed by atoms with E-state index in [0.717, 1.165) is 22.0 Å². The standard InChI is InChI=1S/C21H23IN2O4/c1-27-18-8-7-14(13-19(18)28-2)20(25)23-15-9-11-24(12-10-15)21(26)16-5-3-4-6-17(16)22/h3-8,13,15H,9-12H2,1-2H3,(H,23,25). The van der Waals surface area contributed by atoms with E-state index in [9.17, 15) is 9.59 Å². The van der Waals surface area contributed by atoms with E-state index in [1.54, 1.807) is 32.4 Å². The molecule has 3 rings (SSSR count). The Labute approximate surface area is 178 Å². The highest BCUT2D eigenvalue weighted by molar-refractivity contribution is 14.1. The molecule has 0 bridgehead atoms. The lowest BCUT2D eigenvalue weighted by atomic mass is 10.0. The number of methoxy groups -OCH3 is 2. The van der Waals surface area contributed by atoms with Gasteiger partial charge in [-0.25, -0.2) is 0 Å². The average molecular weight is 494 g/mol. The van der Waals surface area contributed by atoms with Gasteiger partial charge in [0.2, 0.25) is 0 Å². The minimum Gasteiger partial charge on any atom is -0.493 e. The van der Waals surface area contributed by atoms with Crippen LogP contribution in [0.1, 0.15) is 33.6 Å². The van der Waals surface area contributed by atoms with Crippen molar-refractivity contribution in [2.45, 2.75) is 18.9 Å². The quantitative estimate of drug-likeness (QED) is 0.648. The maximum atomic E-state index is 12.7. The Morgan fingerprint density at radius 1 is 1.04 bits per heavy atom. The first kappa shape index (κ1) is 20.4. The molecule has 1 saturated heterocycles. The fraction of sp³-hybridized carbons (Fsp3) is 0.333.